The number of nitrogens with one attached hydrogen (secondary N) is 1. The number of hydrogen-bond donors (Lipinski definition) is 1. The van der Waals surface area contributed by atoms with Gasteiger partial charge < -0.3 is 10.1 Å². The average molecular weight is 351 g/mol. The topological polar surface area (TPSA) is 38.3 Å². The van der Waals surface area contributed by atoms with E-state index >= 15 is 0 Å². The smallest absolute Gasteiger partial charge is 0.235 e. The molecule has 0 unspecified atom stereocenters. The third kappa shape index (κ3) is 3.92. The van der Waals surface area contributed by atoms with Crippen LogP contribution in [0.15, 0.2) is 48.5 Å². The molecule has 1 fully saturated rings. The second kappa shape index (κ2) is 7.94. The van der Waals surface area contributed by atoms with E-state index in [1.54, 1.807) is 0 Å². The Hall–Kier alpha value is -2.29. The summed E-state index contributed by atoms with van der Waals surface area (Å²) in [6.45, 7) is 6.05. The Morgan fingerprint density at radius 3 is 2.35 bits per heavy atom. The largest absolute Gasteiger partial charge is 0.491 e. The van der Waals surface area contributed by atoms with E-state index in [1.165, 1.54) is 6.42 Å². The third-order valence-corrected chi connectivity index (χ3v) is 5.26. The Balaban J connectivity index is 1.84. The number of carbonyl (C=O) groups excluding carboxylic acids is 1. The van der Waals surface area contributed by atoms with E-state index in [0.29, 0.717) is 0 Å². The second-order valence-electron chi connectivity index (χ2n) is 7.61. The van der Waals surface area contributed by atoms with Gasteiger partial charge in [-0.1, -0.05) is 49.6 Å². The first-order valence-electron chi connectivity index (χ1n) is 9.65. The van der Waals surface area contributed by atoms with Gasteiger partial charge in [-0.15, -0.1) is 0 Å². The molecule has 1 aliphatic rings. The van der Waals surface area contributed by atoms with Crippen LogP contribution in [0, 0.1) is 6.92 Å². The van der Waals surface area contributed by atoms with Gasteiger partial charge in [-0.2, -0.15) is 0 Å². The normalized spacial score (nSPS) is 16.3. The minimum atomic E-state index is -0.416. The van der Waals surface area contributed by atoms with Crippen LogP contribution in [0.4, 0.5) is 5.69 Å². The molecule has 0 spiro atoms. The van der Waals surface area contributed by atoms with Crippen molar-refractivity contribution in [3.63, 3.8) is 0 Å². The van der Waals surface area contributed by atoms with Gasteiger partial charge in [0.1, 0.15) is 5.75 Å². The van der Waals surface area contributed by atoms with Crippen LogP contribution in [0.1, 0.15) is 57.1 Å². The monoisotopic (exact) mass is 351 g/mol. The quantitative estimate of drug-likeness (QED) is 0.759. The van der Waals surface area contributed by atoms with Crippen molar-refractivity contribution in [1.29, 1.82) is 0 Å². The fraction of sp³-hybridized carbons (Fsp3) is 0.435. The average Bonchev–Trinajstić information content (AvgIpc) is 2.65. The van der Waals surface area contributed by atoms with Gasteiger partial charge in [0, 0.05) is 5.69 Å². The molecule has 3 nitrogen and oxygen atoms in total. The molecule has 0 atom stereocenters. The molecule has 0 radical (unpaired) electrons. The Morgan fingerprint density at radius 1 is 1.04 bits per heavy atom. The first kappa shape index (κ1) is 18.5. The van der Waals surface area contributed by atoms with Crippen molar-refractivity contribution in [3.8, 4) is 5.75 Å². The summed E-state index contributed by atoms with van der Waals surface area (Å²) < 4.78 is 5.80. The summed E-state index contributed by atoms with van der Waals surface area (Å²) in [6, 6.07) is 16.1. The standard InChI is InChI=1S/C23H29NO2/c1-17(2)26-21-13-12-20(16-18(21)3)24-22(25)23(14-8-5-9-15-23)19-10-6-4-7-11-19/h4,6-7,10-13,16-17H,5,8-9,14-15H2,1-3H3,(H,24,25). The van der Waals surface area contributed by atoms with Crippen molar-refractivity contribution in [2.45, 2.75) is 64.4 Å². The maximum atomic E-state index is 13.3. The van der Waals surface area contributed by atoms with E-state index in [0.717, 1.165) is 48.2 Å². The van der Waals surface area contributed by atoms with Crippen LogP contribution >= 0.6 is 0 Å². The van der Waals surface area contributed by atoms with Crippen molar-refractivity contribution in [2.24, 2.45) is 0 Å². The lowest BCUT2D eigenvalue weighted by molar-refractivity contribution is -0.122. The number of carbonyl (C=O) groups is 1. The van der Waals surface area contributed by atoms with Crippen LogP contribution in [-0.2, 0) is 10.2 Å². The van der Waals surface area contributed by atoms with Crippen LogP contribution in [0.25, 0.3) is 0 Å². The summed E-state index contributed by atoms with van der Waals surface area (Å²) in [7, 11) is 0. The van der Waals surface area contributed by atoms with Crippen molar-refractivity contribution >= 4 is 11.6 Å². The predicted molar refractivity (Wildman–Crippen MR) is 107 cm³/mol. The summed E-state index contributed by atoms with van der Waals surface area (Å²) in [6.07, 6.45) is 5.37. The summed E-state index contributed by atoms with van der Waals surface area (Å²) in [5.41, 5.74) is 2.59. The highest BCUT2D eigenvalue weighted by atomic mass is 16.5. The number of anilines is 1. The lowest BCUT2D eigenvalue weighted by atomic mass is 9.68. The fourth-order valence-corrected chi connectivity index (χ4v) is 3.92. The number of rotatable bonds is 5. The highest BCUT2D eigenvalue weighted by Gasteiger charge is 2.41. The molecule has 3 heteroatoms. The SMILES string of the molecule is Cc1cc(NC(=O)C2(c3ccccc3)CCCCC2)ccc1OC(C)C. The molecule has 1 N–H and O–H groups in total. The first-order valence-corrected chi connectivity index (χ1v) is 9.65. The van der Waals surface area contributed by atoms with E-state index in [1.807, 2.05) is 57.2 Å². The molecular formula is C23H29NO2. The molecule has 0 aromatic heterocycles. The second-order valence-corrected chi connectivity index (χ2v) is 7.61. The zero-order chi connectivity index (χ0) is 18.6. The summed E-state index contributed by atoms with van der Waals surface area (Å²) >= 11 is 0. The summed E-state index contributed by atoms with van der Waals surface area (Å²) in [5.74, 6) is 0.980. The van der Waals surface area contributed by atoms with Crippen LogP contribution in [0.2, 0.25) is 0 Å². The molecule has 138 valence electrons. The Kier molecular flexibility index (Phi) is 5.65. The maximum Gasteiger partial charge on any atom is 0.235 e. The number of ether oxygens (including phenoxy) is 1. The summed E-state index contributed by atoms with van der Waals surface area (Å²) in [5, 5.41) is 3.18. The zero-order valence-electron chi connectivity index (χ0n) is 16.0. The molecule has 1 saturated carbocycles. The number of aryl methyl sites for hydroxylation is 1. The zero-order valence-corrected chi connectivity index (χ0v) is 16.0. The highest BCUT2D eigenvalue weighted by Crippen LogP contribution is 2.40. The van der Waals surface area contributed by atoms with Gasteiger partial charge in [0.15, 0.2) is 0 Å². The number of hydrogen-bond acceptors (Lipinski definition) is 2. The van der Waals surface area contributed by atoms with Crippen LogP contribution in [0.5, 0.6) is 5.75 Å². The van der Waals surface area contributed by atoms with Crippen molar-refractivity contribution in [3.05, 3.63) is 59.7 Å². The van der Waals surface area contributed by atoms with Crippen molar-refractivity contribution < 1.29 is 9.53 Å². The van der Waals surface area contributed by atoms with Gasteiger partial charge in [-0.3, -0.25) is 4.79 Å². The van der Waals surface area contributed by atoms with Gasteiger partial charge in [-0.25, -0.2) is 0 Å². The molecule has 3 rings (SSSR count). The Bertz CT molecular complexity index is 746. The Morgan fingerprint density at radius 2 is 1.73 bits per heavy atom. The van der Waals surface area contributed by atoms with Gasteiger partial charge >= 0.3 is 0 Å². The lowest BCUT2D eigenvalue weighted by Crippen LogP contribution is -2.42. The molecule has 2 aromatic rings. The van der Waals surface area contributed by atoms with E-state index in [2.05, 4.69) is 17.4 Å². The minimum Gasteiger partial charge on any atom is -0.491 e. The molecule has 0 heterocycles. The predicted octanol–water partition coefficient (Wildman–Crippen LogP) is 5.62. The molecule has 1 aliphatic carbocycles. The molecule has 0 aliphatic heterocycles. The summed E-state index contributed by atoms with van der Waals surface area (Å²) in [4.78, 5) is 13.3. The van der Waals surface area contributed by atoms with Crippen LogP contribution in [0.3, 0.4) is 0 Å². The van der Waals surface area contributed by atoms with Gasteiger partial charge in [0.05, 0.1) is 11.5 Å². The van der Waals surface area contributed by atoms with Crippen LogP contribution in [-0.4, -0.2) is 12.0 Å². The van der Waals surface area contributed by atoms with Crippen LogP contribution < -0.4 is 10.1 Å². The van der Waals surface area contributed by atoms with Crippen molar-refractivity contribution in [1.82, 2.24) is 0 Å². The van der Waals surface area contributed by atoms with E-state index < -0.39 is 5.41 Å². The molecule has 26 heavy (non-hydrogen) atoms. The minimum absolute atomic E-state index is 0.111. The molecule has 2 aromatic carbocycles. The highest BCUT2D eigenvalue weighted by molar-refractivity contribution is 5.99. The third-order valence-electron chi connectivity index (χ3n) is 5.26. The van der Waals surface area contributed by atoms with E-state index in [-0.39, 0.29) is 12.0 Å². The van der Waals surface area contributed by atoms with Gasteiger partial charge in [-0.05, 0) is 62.9 Å². The number of amides is 1. The van der Waals surface area contributed by atoms with E-state index in [4.69, 9.17) is 4.74 Å². The fourth-order valence-electron chi connectivity index (χ4n) is 3.92. The van der Waals surface area contributed by atoms with Crippen molar-refractivity contribution in [2.75, 3.05) is 5.32 Å². The molecule has 0 saturated heterocycles. The maximum absolute atomic E-state index is 13.3. The first-order chi connectivity index (χ1) is 12.5. The van der Waals surface area contributed by atoms with E-state index in [9.17, 15) is 4.79 Å². The van der Waals surface area contributed by atoms with Gasteiger partial charge in [0.2, 0.25) is 5.91 Å². The molecule has 1 amide bonds. The lowest BCUT2D eigenvalue weighted by Gasteiger charge is -2.36. The van der Waals surface area contributed by atoms with Gasteiger partial charge in [0.25, 0.3) is 0 Å². The molecule has 0 bridgehead atoms. The Labute approximate surface area is 156 Å². The number of benzene rings is 2. The molecular weight excluding hydrogens is 322 g/mol.